The maximum Gasteiger partial charge on any atom is 0.319 e. The maximum atomic E-state index is 11.8. The molecule has 31 heavy (non-hydrogen) atoms. The second kappa shape index (κ2) is 7.76. The Bertz CT molecular complexity index is 979. The van der Waals surface area contributed by atoms with Crippen molar-refractivity contribution in [2.45, 2.75) is 58.0 Å². The molecule has 2 aromatic rings. The van der Waals surface area contributed by atoms with E-state index < -0.39 is 5.60 Å². The Kier molecular flexibility index (Phi) is 5.06. The third-order valence-electron chi connectivity index (χ3n) is 6.21. The summed E-state index contributed by atoms with van der Waals surface area (Å²) in [6.07, 6.45) is 2.79. The summed E-state index contributed by atoms with van der Waals surface area (Å²) in [4.78, 5) is 24.0. The van der Waals surface area contributed by atoms with Gasteiger partial charge in [-0.2, -0.15) is 0 Å². The first-order valence-electron chi connectivity index (χ1n) is 11.0. The molecule has 2 N–H and O–H groups in total. The van der Waals surface area contributed by atoms with Crippen LogP contribution in [0.1, 0.15) is 44.9 Å². The number of morpholine rings is 1. The van der Waals surface area contributed by atoms with Gasteiger partial charge in [0, 0.05) is 36.4 Å². The first-order valence-corrected chi connectivity index (χ1v) is 11.0. The highest BCUT2D eigenvalue weighted by Gasteiger charge is 2.40. The molecule has 2 saturated heterocycles. The molecule has 4 heterocycles. The van der Waals surface area contributed by atoms with Gasteiger partial charge in [-0.15, -0.1) is 0 Å². The van der Waals surface area contributed by atoms with E-state index in [1.807, 2.05) is 31.2 Å². The Morgan fingerprint density at radius 1 is 1.16 bits per heavy atom. The summed E-state index contributed by atoms with van der Waals surface area (Å²) in [7, 11) is 0. The predicted octanol–water partition coefficient (Wildman–Crippen LogP) is 3.42. The van der Waals surface area contributed by atoms with E-state index in [1.165, 1.54) is 0 Å². The fourth-order valence-electron chi connectivity index (χ4n) is 4.64. The Hall–Kier alpha value is -2.71. The van der Waals surface area contributed by atoms with Gasteiger partial charge < -0.3 is 25.0 Å². The number of hydrogen-bond acceptors (Lipinski definition) is 6. The molecule has 2 amide bonds. The van der Waals surface area contributed by atoms with Gasteiger partial charge in [0.25, 0.3) is 0 Å². The van der Waals surface area contributed by atoms with Gasteiger partial charge in [0.05, 0.1) is 24.5 Å². The Morgan fingerprint density at radius 2 is 1.87 bits per heavy atom. The largest absolute Gasteiger partial charge is 0.371 e. The van der Waals surface area contributed by atoms with Gasteiger partial charge in [-0.05, 0) is 57.9 Å². The number of benzene rings is 1. The van der Waals surface area contributed by atoms with E-state index in [9.17, 15) is 4.79 Å². The van der Waals surface area contributed by atoms with Gasteiger partial charge >= 0.3 is 6.03 Å². The molecule has 2 unspecified atom stereocenters. The number of carbonyl (C=O) groups excluding carboxylic acids is 1. The highest BCUT2D eigenvalue weighted by molar-refractivity contribution is 5.89. The van der Waals surface area contributed by atoms with Crippen LogP contribution in [-0.2, 0) is 21.7 Å². The van der Waals surface area contributed by atoms with E-state index in [1.54, 1.807) is 0 Å². The minimum atomic E-state index is -0.452. The van der Waals surface area contributed by atoms with Crippen molar-refractivity contribution in [3.8, 4) is 11.4 Å². The minimum Gasteiger partial charge on any atom is -0.371 e. The number of aromatic nitrogens is 2. The zero-order valence-corrected chi connectivity index (χ0v) is 18.3. The van der Waals surface area contributed by atoms with E-state index in [2.05, 4.69) is 29.4 Å². The first kappa shape index (κ1) is 20.2. The SMILES string of the molecule is CCNC(=O)Nc1ccc(-c2nc(N3CC4CCC(C3)O4)c3c(n2)C(C)(C)OC3)cc1. The van der Waals surface area contributed by atoms with Gasteiger partial charge in [0.15, 0.2) is 5.82 Å². The number of urea groups is 1. The normalized spacial score (nSPS) is 23.5. The van der Waals surface area contributed by atoms with Gasteiger partial charge in [0.1, 0.15) is 11.4 Å². The van der Waals surface area contributed by atoms with Crippen LogP contribution >= 0.6 is 0 Å². The van der Waals surface area contributed by atoms with Crippen LogP contribution in [0.3, 0.4) is 0 Å². The molecule has 3 aliphatic rings. The number of anilines is 2. The highest BCUT2D eigenvalue weighted by Crippen LogP contribution is 2.41. The molecule has 1 aromatic heterocycles. The number of fused-ring (bicyclic) bond motifs is 3. The fraction of sp³-hybridized carbons (Fsp3) is 0.522. The van der Waals surface area contributed by atoms with Gasteiger partial charge in [-0.1, -0.05) is 0 Å². The summed E-state index contributed by atoms with van der Waals surface area (Å²) < 4.78 is 12.1. The Balaban J connectivity index is 1.49. The van der Waals surface area contributed by atoms with E-state index >= 15 is 0 Å². The van der Waals surface area contributed by atoms with Gasteiger partial charge in [-0.25, -0.2) is 14.8 Å². The number of amides is 2. The highest BCUT2D eigenvalue weighted by atomic mass is 16.5. The summed E-state index contributed by atoms with van der Waals surface area (Å²) in [6.45, 7) is 8.82. The fourth-order valence-corrected chi connectivity index (χ4v) is 4.64. The van der Waals surface area contributed by atoms with Gasteiger partial charge in [-0.3, -0.25) is 0 Å². The van der Waals surface area contributed by atoms with Crippen molar-refractivity contribution in [3.63, 3.8) is 0 Å². The molecule has 8 heteroatoms. The molecule has 1 aromatic carbocycles. The number of ether oxygens (including phenoxy) is 2. The van der Waals surface area contributed by atoms with E-state index in [4.69, 9.17) is 19.4 Å². The lowest BCUT2D eigenvalue weighted by molar-refractivity contribution is -0.0101. The molecule has 0 radical (unpaired) electrons. The second-order valence-electron chi connectivity index (χ2n) is 8.92. The molecule has 8 nitrogen and oxygen atoms in total. The molecule has 2 fully saturated rings. The smallest absolute Gasteiger partial charge is 0.319 e. The van der Waals surface area contributed by atoms with Crippen molar-refractivity contribution in [1.29, 1.82) is 0 Å². The van der Waals surface area contributed by atoms with Crippen molar-refractivity contribution >= 4 is 17.5 Å². The zero-order valence-electron chi connectivity index (χ0n) is 18.3. The molecule has 164 valence electrons. The van der Waals surface area contributed by atoms with Crippen molar-refractivity contribution < 1.29 is 14.3 Å². The Morgan fingerprint density at radius 3 is 2.55 bits per heavy atom. The van der Waals surface area contributed by atoms with Crippen molar-refractivity contribution in [1.82, 2.24) is 15.3 Å². The van der Waals surface area contributed by atoms with E-state index in [-0.39, 0.29) is 18.2 Å². The predicted molar refractivity (Wildman–Crippen MR) is 118 cm³/mol. The van der Waals surface area contributed by atoms with Crippen LogP contribution in [0.25, 0.3) is 11.4 Å². The first-order chi connectivity index (χ1) is 14.9. The summed E-state index contributed by atoms with van der Waals surface area (Å²) in [5.74, 6) is 1.64. The Labute approximate surface area is 182 Å². The molecule has 2 bridgehead atoms. The van der Waals surface area contributed by atoms with E-state index in [0.29, 0.717) is 19.0 Å². The summed E-state index contributed by atoms with van der Waals surface area (Å²) in [5.41, 5.74) is 3.22. The van der Waals surface area contributed by atoms with Crippen LogP contribution in [0.5, 0.6) is 0 Å². The molecule has 5 rings (SSSR count). The molecular weight excluding hydrogens is 394 g/mol. The second-order valence-corrected chi connectivity index (χ2v) is 8.92. The lowest BCUT2D eigenvalue weighted by Gasteiger charge is -2.34. The monoisotopic (exact) mass is 423 g/mol. The van der Waals surface area contributed by atoms with Crippen LogP contribution in [0.2, 0.25) is 0 Å². The average Bonchev–Trinajstić information content (AvgIpc) is 3.25. The third kappa shape index (κ3) is 3.85. The standard InChI is InChI=1S/C23H29N5O3/c1-4-24-22(29)25-15-7-5-14(6-8-15)20-26-19-18(13-30-23(19,2)3)21(27-20)28-11-16-9-10-17(12-28)31-16/h5-8,16-17H,4,9-13H2,1-3H3,(H2,24,25,29). The van der Waals surface area contributed by atoms with Crippen LogP contribution in [0, 0.1) is 0 Å². The summed E-state index contributed by atoms with van der Waals surface area (Å²) in [6, 6.07) is 7.42. The molecular formula is C23H29N5O3. The summed E-state index contributed by atoms with van der Waals surface area (Å²) >= 11 is 0. The zero-order chi connectivity index (χ0) is 21.6. The molecule has 0 spiro atoms. The minimum absolute atomic E-state index is 0.216. The van der Waals surface area contributed by atoms with E-state index in [0.717, 1.165) is 54.3 Å². The van der Waals surface area contributed by atoms with Crippen LogP contribution in [0.4, 0.5) is 16.3 Å². The number of hydrogen-bond donors (Lipinski definition) is 2. The number of rotatable bonds is 4. The van der Waals surface area contributed by atoms with Crippen LogP contribution < -0.4 is 15.5 Å². The number of nitrogens with one attached hydrogen (secondary N) is 2. The van der Waals surface area contributed by atoms with Crippen molar-refractivity contribution in [2.75, 3.05) is 29.9 Å². The number of carbonyl (C=O) groups is 1. The molecule has 0 aliphatic carbocycles. The molecule has 3 aliphatic heterocycles. The van der Waals surface area contributed by atoms with Crippen molar-refractivity contribution in [3.05, 3.63) is 35.5 Å². The topological polar surface area (TPSA) is 88.6 Å². The summed E-state index contributed by atoms with van der Waals surface area (Å²) in [5, 5.41) is 5.55. The lowest BCUT2D eigenvalue weighted by atomic mass is 10.0. The molecule has 0 saturated carbocycles. The van der Waals surface area contributed by atoms with Crippen molar-refractivity contribution in [2.24, 2.45) is 0 Å². The van der Waals surface area contributed by atoms with Gasteiger partial charge in [0.2, 0.25) is 0 Å². The van der Waals surface area contributed by atoms with Crippen LogP contribution in [-0.4, -0.2) is 47.8 Å². The average molecular weight is 424 g/mol. The maximum absolute atomic E-state index is 11.8. The quantitative estimate of drug-likeness (QED) is 0.783. The lowest BCUT2D eigenvalue weighted by Crippen LogP contribution is -2.43. The molecule has 2 atom stereocenters. The van der Waals surface area contributed by atoms with Crippen LogP contribution in [0.15, 0.2) is 24.3 Å². The number of nitrogens with zero attached hydrogens (tertiary/aromatic N) is 3. The third-order valence-corrected chi connectivity index (χ3v) is 6.21.